The summed E-state index contributed by atoms with van der Waals surface area (Å²) in [5.74, 6) is 0.278. The number of carbonyl (C=O) groups excluding carboxylic acids is 1. The van der Waals surface area contributed by atoms with E-state index in [4.69, 9.17) is 5.73 Å². The van der Waals surface area contributed by atoms with Crippen molar-refractivity contribution in [1.82, 2.24) is 0 Å². The van der Waals surface area contributed by atoms with Crippen molar-refractivity contribution >= 4 is 22.7 Å². The summed E-state index contributed by atoms with van der Waals surface area (Å²) in [5, 5.41) is 11.1. The number of carbonyl (C=O) groups is 1. The number of aromatic hydroxyl groups is 1. The van der Waals surface area contributed by atoms with Gasteiger partial charge >= 0.3 is 0 Å². The van der Waals surface area contributed by atoms with Crippen LogP contribution in [0.2, 0.25) is 0 Å². The van der Waals surface area contributed by atoms with Crippen LogP contribution in [0.4, 0.5) is 5.69 Å². The van der Waals surface area contributed by atoms with Crippen LogP contribution in [-0.2, 0) is 0 Å². The van der Waals surface area contributed by atoms with Crippen LogP contribution >= 0.6 is 0 Å². The minimum absolute atomic E-state index is 0.278. The molecule has 0 unspecified atom stereocenters. The lowest BCUT2D eigenvalue weighted by atomic mass is 10.1. The van der Waals surface area contributed by atoms with Crippen LogP contribution in [0, 0.1) is 0 Å². The molecule has 100 valence electrons. The zero-order valence-electron chi connectivity index (χ0n) is 10.9. The van der Waals surface area contributed by atoms with Crippen molar-refractivity contribution in [2.75, 3.05) is 5.73 Å². The molecule has 3 rings (SSSR count). The molecule has 3 aromatic carbocycles. The lowest BCUT2D eigenvalue weighted by Gasteiger charge is -2.02. The number of fused-ring (bicyclic) bond motifs is 1. The van der Waals surface area contributed by atoms with Crippen LogP contribution in [0.5, 0.6) is 5.75 Å². The Morgan fingerprint density at radius 2 is 1.45 bits per heavy atom. The van der Waals surface area contributed by atoms with E-state index in [2.05, 4.69) is 0 Å². The Bertz CT molecular complexity index is 667. The zero-order chi connectivity index (χ0) is 14.4. The van der Waals surface area contributed by atoms with E-state index in [0.29, 0.717) is 5.69 Å². The van der Waals surface area contributed by atoms with Crippen LogP contribution < -0.4 is 5.73 Å². The van der Waals surface area contributed by atoms with Gasteiger partial charge in [0.2, 0.25) is 0 Å². The summed E-state index contributed by atoms with van der Waals surface area (Å²) in [6.45, 7) is 0. The molecule has 3 heteroatoms. The Kier molecular flexibility index (Phi) is 4.35. The Hall–Kier alpha value is -2.81. The second-order valence-electron chi connectivity index (χ2n) is 4.25. The first kappa shape index (κ1) is 13.6. The highest BCUT2D eigenvalue weighted by Crippen LogP contribution is 2.27. The summed E-state index contributed by atoms with van der Waals surface area (Å²) in [4.78, 5) is 10.0. The van der Waals surface area contributed by atoms with Gasteiger partial charge in [-0.15, -0.1) is 0 Å². The number of hydrogen-bond donors (Lipinski definition) is 2. The minimum atomic E-state index is 0.278. The van der Waals surface area contributed by atoms with Crippen LogP contribution in [0.25, 0.3) is 10.8 Å². The number of anilines is 1. The average molecular weight is 265 g/mol. The number of phenolic OH excluding ortho intramolecular Hbond substituents is 1. The van der Waals surface area contributed by atoms with Crippen LogP contribution in [0.1, 0.15) is 10.4 Å². The molecule has 0 spiro atoms. The van der Waals surface area contributed by atoms with Gasteiger partial charge in [-0.25, -0.2) is 0 Å². The molecule has 0 heterocycles. The molecule has 3 nitrogen and oxygen atoms in total. The third-order valence-corrected chi connectivity index (χ3v) is 2.87. The van der Waals surface area contributed by atoms with Crippen molar-refractivity contribution in [1.29, 1.82) is 0 Å². The Morgan fingerprint density at radius 3 is 2.05 bits per heavy atom. The SMILES string of the molecule is Nc1cccc2c(O)cccc12.O=Cc1ccccc1. The van der Waals surface area contributed by atoms with Gasteiger partial charge in [0.05, 0.1) is 0 Å². The fourth-order valence-corrected chi connectivity index (χ4v) is 1.85. The molecule has 3 N–H and O–H groups in total. The van der Waals surface area contributed by atoms with E-state index >= 15 is 0 Å². The molecule has 0 bridgehead atoms. The molecule has 0 aliphatic heterocycles. The van der Waals surface area contributed by atoms with Crippen LogP contribution in [0.15, 0.2) is 66.7 Å². The highest BCUT2D eigenvalue weighted by Gasteiger charge is 1.99. The van der Waals surface area contributed by atoms with Crippen molar-refractivity contribution in [3.05, 3.63) is 72.3 Å². The number of nitrogens with two attached hydrogens (primary N) is 1. The monoisotopic (exact) mass is 265 g/mol. The van der Waals surface area contributed by atoms with E-state index in [9.17, 15) is 9.90 Å². The fraction of sp³-hybridized carbons (Fsp3) is 0. The third kappa shape index (κ3) is 3.14. The summed E-state index contributed by atoms with van der Waals surface area (Å²) < 4.78 is 0. The molecule has 0 radical (unpaired) electrons. The average Bonchev–Trinajstić information content (AvgIpc) is 2.50. The number of phenols is 1. The van der Waals surface area contributed by atoms with Gasteiger partial charge in [0.1, 0.15) is 12.0 Å². The number of rotatable bonds is 1. The maximum Gasteiger partial charge on any atom is 0.150 e. The highest BCUT2D eigenvalue weighted by molar-refractivity contribution is 5.96. The summed E-state index contributed by atoms with van der Waals surface area (Å²) in [6.07, 6.45) is 0.833. The van der Waals surface area contributed by atoms with Crippen LogP contribution in [-0.4, -0.2) is 11.4 Å². The first-order chi connectivity index (χ1) is 9.72. The molecule has 0 aliphatic rings. The van der Waals surface area contributed by atoms with E-state index in [1.54, 1.807) is 24.3 Å². The Balaban J connectivity index is 0.000000160. The maximum absolute atomic E-state index is 10.0. The van der Waals surface area contributed by atoms with Gasteiger partial charge in [0, 0.05) is 22.0 Å². The predicted molar refractivity (Wildman–Crippen MR) is 81.9 cm³/mol. The molecule has 3 aromatic rings. The van der Waals surface area contributed by atoms with E-state index < -0.39 is 0 Å². The Morgan fingerprint density at radius 1 is 0.800 bits per heavy atom. The predicted octanol–water partition coefficient (Wildman–Crippen LogP) is 3.63. The quantitative estimate of drug-likeness (QED) is 0.521. The molecule has 0 saturated heterocycles. The molecular formula is C17H15NO2. The molecule has 0 atom stereocenters. The second-order valence-corrected chi connectivity index (χ2v) is 4.25. The first-order valence-corrected chi connectivity index (χ1v) is 6.19. The molecule has 0 amide bonds. The topological polar surface area (TPSA) is 63.3 Å². The van der Waals surface area contributed by atoms with Crippen LogP contribution in [0.3, 0.4) is 0 Å². The number of benzene rings is 3. The van der Waals surface area contributed by atoms with Gasteiger partial charge in [-0.05, 0) is 12.1 Å². The van der Waals surface area contributed by atoms with Gasteiger partial charge in [-0.3, -0.25) is 4.79 Å². The zero-order valence-corrected chi connectivity index (χ0v) is 10.9. The summed E-state index contributed by atoms with van der Waals surface area (Å²) in [7, 11) is 0. The third-order valence-electron chi connectivity index (χ3n) is 2.87. The Labute approximate surface area is 117 Å². The van der Waals surface area contributed by atoms with E-state index in [1.165, 1.54) is 0 Å². The van der Waals surface area contributed by atoms with E-state index in [-0.39, 0.29) is 5.75 Å². The lowest BCUT2D eigenvalue weighted by Crippen LogP contribution is -1.85. The summed E-state index contributed by atoms with van der Waals surface area (Å²) in [5.41, 5.74) is 7.14. The fourth-order valence-electron chi connectivity index (χ4n) is 1.85. The highest BCUT2D eigenvalue weighted by atomic mass is 16.3. The largest absolute Gasteiger partial charge is 0.507 e. The summed E-state index contributed by atoms with van der Waals surface area (Å²) >= 11 is 0. The number of hydrogen-bond acceptors (Lipinski definition) is 3. The minimum Gasteiger partial charge on any atom is -0.507 e. The molecular weight excluding hydrogens is 250 g/mol. The lowest BCUT2D eigenvalue weighted by molar-refractivity contribution is 0.112. The van der Waals surface area contributed by atoms with Gasteiger partial charge in [0.15, 0.2) is 0 Å². The van der Waals surface area contributed by atoms with E-state index in [1.807, 2.05) is 42.5 Å². The molecule has 0 fully saturated rings. The van der Waals surface area contributed by atoms with Crippen molar-refractivity contribution in [2.24, 2.45) is 0 Å². The normalized spacial score (nSPS) is 9.60. The van der Waals surface area contributed by atoms with Crippen molar-refractivity contribution < 1.29 is 9.90 Å². The standard InChI is InChI=1S/C10H9NO.C7H6O/c11-9-5-1-4-8-7(9)3-2-6-10(8)12;8-6-7-4-2-1-3-5-7/h1-6,12H,11H2;1-6H. The van der Waals surface area contributed by atoms with Gasteiger partial charge in [0.25, 0.3) is 0 Å². The van der Waals surface area contributed by atoms with Gasteiger partial charge in [-0.1, -0.05) is 54.6 Å². The molecule has 20 heavy (non-hydrogen) atoms. The summed E-state index contributed by atoms with van der Waals surface area (Å²) in [6, 6.07) is 19.9. The van der Waals surface area contributed by atoms with E-state index in [0.717, 1.165) is 22.6 Å². The smallest absolute Gasteiger partial charge is 0.150 e. The maximum atomic E-state index is 10.0. The van der Waals surface area contributed by atoms with Gasteiger partial charge < -0.3 is 10.8 Å². The second kappa shape index (κ2) is 6.38. The number of aldehydes is 1. The van der Waals surface area contributed by atoms with Crippen molar-refractivity contribution in [3.63, 3.8) is 0 Å². The molecule has 0 aliphatic carbocycles. The van der Waals surface area contributed by atoms with Crippen molar-refractivity contribution in [3.8, 4) is 5.75 Å². The molecule has 0 saturated carbocycles. The number of nitrogen functional groups attached to an aromatic ring is 1. The first-order valence-electron chi connectivity index (χ1n) is 6.19. The van der Waals surface area contributed by atoms with Crippen molar-refractivity contribution in [2.45, 2.75) is 0 Å². The van der Waals surface area contributed by atoms with Gasteiger partial charge in [-0.2, -0.15) is 0 Å². The molecule has 0 aromatic heterocycles.